The summed E-state index contributed by atoms with van der Waals surface area (Å²) in [6.45, 7) is 7.21. The lowest BCUT2D eigenvalue weighted by molar-refractivity contribution is -0.0704. The molecule has 2 aromatic carbocycles. The molecule has 0 saturated carbocycles. The van der Waals surface area contributed by atoms with Crippen molar-refractivity contribution in [3.63, 3.8) is 0 Å². The van der Waals surface area contributed by atoms with E-state index in [0.29, 0.717) is 6.54 Å². The number of hydrogen-bond acceptors (Lipinski definition) is 6. The molecule has 1 aliphatic heterocycles. The number of carbonyl (C=O) groups is 1. The summed E-state index contributed by atoms with van der Waals surface area (Å²) in [6, 6.07) is 12.5. The lowest BCUT2D eigenvalue weighted by Crippen LogP contribution is -2.44. The third-order valence-corrected chi connectivity index (χ3v) is 7.40. The predicted molar refractivity (Wildman–Crippen MR) is 127 cm³/mol. The van der Waals surface area contributed by atoms with Gasteiger partial charge >= 0.3 is 0 Å². The van der Waals surface area contributed by atoms with Crippen LogP contribution in [0.1, 0.15) is 35.3 Å². The van der Waals surface area contributed by atoms with Gasteiger partial charge in [0.2, 0.25) is 10.0 Å². The van der Waals surface area contributed by atoms with Gasteiger partial charge in [-0.3, -0.25) is 9.69 Å². The molecule has 0 radical (unpaired) electrons. The number of hydrogen-bond donors (Lipinski definition) is 1. The second-order valence-corrected chi connectivity index (χ2v) is 10.7. The molecule has 2 unspecified atom stereocenters. The van der Waals surface area contributed by atoms with Gasteiger partial charge in [-0.1, -0.05) is 24.3 Å². The number of methoxy groups -OCH3 is 1. The summed E-state index contributed by atoms with van der Waals surface area (Å²) in [5, 5.41) is 2.86. The van der Waals surface area contributed by atoms with Crippen LogP contribution in [-0.2, 0) is 27.8 Å². The molecular formula is C24H33N3O5S. The zero-order chi connectivity index (χ0) is 24.2. The van der Waals surface area contributed by atoms with Crippen LogP contribution in [0.25, 0.3) is 0 Å². The maximum absolute atomic E-state index is 12.7. The van der Waals surface area contributed by atoms with Gasteiger partial charge in [0.15, 0.2) is 0 Å². The second kappa shape index (κ2) is 10.6. The van der Waals surface area contributed by atoms with Crippen molar-refractivity contribution in [2.24, 2.45) is 0 Å². The van der Waals surface area contributed by atoms with Crippen molar-refractivity contribution in [1.82, 2.24) is 14.5 Å². The summed E-state index contributed by atoms with van der Waals surface area (Å²) in [6.07, 6.45) is 0.462. The highest BCUT2D eigenvalue weighted by molar-refractivity contribution is 7.89. The van der Waals surface area contributed by atoms with E-state index in [0.717, 1.165) is 29.5 Å². The number of ether oxygens (including phenoxy) is 2. The van der Waals surface area contributed by atoms with Crippen molar-refractivity contribution in [1.29, 1.82) is 0 Å². The number of nitrogens with zero attached hydrogens (tertiary/aromatic N) is 2. The van der Waals surface area contributed by atoms with E-state index >= 15 is 0 Å². The van der Waals surface area contributed by atoms with Crippen LogP contribution in [0.2, 0.25) is 0 Å². The van der Waals surface area contributed by atoms with E-state index in [1.807, 2.05) is 12.1 Å². The molecule has 1 aliphatic rings. The third-order valence-electron chi connectivity index (χ3n) is 5.56. The molecule has 2 aromatic rings. The first-order valence-corrected chi connectivity index (χ1v) is 12.4. The first-order valence-electron chi connectivity index (χ1n) is 10.9. The molecule has 0 aliphatic carbocycles. The Labute approximate surface area is 196 Å². The van der Waals surface area contributed by atoms with Crippen LogP contribution >= 0.6 is 0 Å². The average molecular weight is 476 g/mol. The van der Waals surface area contributed by atoms with Gasteiger partial charge in [0.05, 0.1) is 19.3 Å². The third kappa shape index (κ3) is 6.32. The minimum Gasteiger partial charge on any atom is -0.495 e. The summed E-state index contributed by atoms with van der Waals surface area (Å²) < 4.78 is 37.2. The molecule has 3 rings (SSSR count). The van der Waals surface area contributed by atoms with Crippen molar-refractivity contribution in [2.75, 3.05) is 34.3 Å². The van der Waals surface area contributed by atoms with Crippen molar-refractivity contribution in [3.8, 4) is 5.75 Å². The van der Waals surface area contributed by atoms with E-state index in [4.69, 9.17) is 9.47 Å². The van der Waals surface area contributed by atoms with Crippen LogP contribution in [-0.4, -0.2) is 70.0 Å². The lowest BCUT2D eigenvalue weighted by Gasteiger charge is -2.35. The van der Waals surface area contributed by atoms with Crippen LogP contribution in [0.5, 0.6) is 5.75 Å². The molecule has 9 heteroatoms. The molecule has 2 atom stereocenters. The van der Waals surface area contributed by atoms with Gasteiger partial charge in [-0.2, -0.15) is 0 Å². The molecule has 1 fully saturated rings. The van der Waals surface area contributed by atoms with Crippen molar-refractivity contribution in [3.05, 3.63) is 59.2 Å². The topological polar surface area (TPSA) is 88.2 Å². The second-order valence-electron chi connectivity index (χ2n) is 8.60. The van der Waals surface area contributed by atoms with E-state index in [1.165, 1.54) is 38.9 Å². The SMILES string of the molecule is COc1ccc(C(=O)NCc2ccc(CN3CC(C)OC(C)C3)cc2)cc1S(=O)(=O)N(C)C. The molecular weight excluding hydrogens is 442 g/mol. The summed E-state index contributed by atoms with van der Waals surface area (Å²) in [7, 11) is 0.518. The normalized spacial score (nSPS) is 19.5. The monoisotopic (exact) mass is 475 g/mol. The highest BCUT2D eigenvalue weighted by Gasteiger charge is 2.24. The van der Waals surface area contributed by atoms with Crippen molar-refractivity contribution in [2.45, 2.75) is 44.0 Å². The Kier molecular flexibility index (Phi) is 8.12. The molecule has 1 N–H and O–H groups in total. The van der Waals surface area contributed by atoms with Gasteiger partial charge < -0.3 is 14.8 Å². The number of benzene rings is 2. The Morgan fingerprint density at radius 1 is 1.09 bits per heavy atom. The molecule has 0 bridgehead atoms. The number of sulfonamides is 1. The number of morpholine rings is 1. The van der Waals surface area contributed by atoms with E-state index in [2.05, 4.69) is 36.2 Å². The Morgan fingerprint density at radius 3 is 2.27 bits per heavy atom. The molecule has 1 heterocycles. The van der Waals surface area contributed by atoms with Gasteiger partial charge in [0.25, 0.3) is 5.91 Å². The molecule has 1 saturated heterocycles. The first-order chi connectivity index (χ1) is 15.6. The van der Waals surface area contributed by atoms with E-state index < -0.39 is 10.0 Å². The summed E-state index contributed by atoms with van der Waals surface area (Å²) in [5.41, 5.74) is 2.42. The maximum atomic E-state index is 12.7. The fourth-order valence-corrected chi connectivity index (χ4v) is 5.01. The number of nitrogens with one attached hydrogen (secondary N) is 1. The number of amides is 1. The molecule has 33 heavy (non-hydrogen) atoms. The largest absolute Gasteiger partial charge is 0.495 e. The standard InChI is InChI=1S/C24H33N3O5S/c1-17-14-27(15-18(2)32-17)16-20-8-6-19(7-9-20)13-25-24(28)21-10-11-22(31-5)23(12-21)33(29,30)26(3)4/h6-12,17-18H,13-16H2,1-5H3,(H,25,28). The predicted octanol–water partition coefficient (Wildman–Crippen LogP) is 2.48. The first kappa shape index (κ1) is 25.2. The lowest BCUT2D eigenvalue weighted by atomic mass is 10.1. The van der Waals surface area contributed by atoms with E-state index in [-0.39, 0.29) is 34.3 Å². The van der Waals surface area contributed by atoms with Crippen LogP contribution in [0.3, 0.4) is 0 Å². The molecule has 8 nitrogen and oxygen atoms in total. The zero-order valence-electron chi connectivity index (χ0n) is 19.9. The van der Waals surface area contributed by atoms with E-state index in [1.54, 1.807) is 6.07 Å². The van der Waals surface area contributed by atoms with Crippen LogP contribution in [0.4, 0.5) is 0 Å². The fourth-order valence-electron chi connectivity index (χ4n) is 3.93. The van der Waals surface area contributed by atoms with Gasteiger partial charge in [-0.05, 0) is 43.2 Å². The maximum Gasteiger partial charge on any atom is 0.251 e. The van der Waals surface area contributed by atoms with Crippen LogP contribution in [0, 0.1) is 0 Å². The summed E-state index contributed by atoms with van der Waals surface area (Å²) >= 11 is 0. The number of rotatable bonds is 8. The van der Waals surface area contributed by atoms with Crippen molar-refractivity contribution < 1.29 is 22.7 Å². The summed E-state index contributed by atoms with van der Waals surface area (Å²) in [5.74, 6) is -0.159. The smallest absolute Gasteiger partial charge is 0.251 e. The van der Waals surface area contributed by atoms with Gasteiger partial charge in [-0.15, -0.1) is 0 Å². The highest BCUT2D eigenvalue weighted by Crippen LogP contribution is 2.27. The number of carbonyl (C=O) groups excluding carboxylic acids is 1. The minimum atomic E-state index is -3.75. The minimum absolute atomic E-state index is 0.0428. The quantitative estimate of drug-likeness (QED) is 0.631. The van der Waals surface area contributed by atoms with Gasteiger partial charge in [-0.25, -0.2) is 12.7 Å². The zero-order valence-corrected chi connectivity index (χ0v) is 20.7. The Morgan fingerprint density at radius 2 is 1.70 bits per heavy atom. The average Bonchev–Trinajstić information content (AvgIpc) is 2.77. The molecule has 0 aromatic heterocycles. The molecule has 180 valence electrons. The Balaban J connectivity index is 1.63. The molecule has 1 amide bonds. The Bertz CT molecular complexity index is 1060. The summed E-state index contributed by atoms with van der Waals surface area (Å²) in [4.78, 5) is 15.0. The van der Waals surface area contributed by atoms with E-state index in [9.17, 15) is 13.2 Å². The van der Waals surface area contributed by atoms with Crippen molar-refractivity contribution >= 4 is 15.9 Å². The highest BCUT2D eigenvalue weighted by atomic mass is 32.2. The van der Waals surface area contributed by atoms with Gasteiger partial charge in [0, 0.05) is 45.8 Å². The fraction of sp³-hybridized carbons (Fsp3) is 0.458. The van der Waals surface area contributed by atoms with Crippen LogP contribution < -0.4 is 10.1 Å². The van der Waals surface area contributed by atoms with Gasteiger partial charge in [0.1, 0.15) is 10.6 Å². The Hall–Kier alpha value is -2.46. The van der Waals surface area contributed by atoms with Crippen LogP contribution in [0.15, 0.2) is 47.4 Å². The molecule has 0 spiro atoms.